The van der Waals surface area contributed by atoms with Crippen LogP contribution in [0.15, 0.2) is 121 Å². The average Bonchev–Trinajstić information content (AvgIpc) is 2.93. The van der Waals surface area contributed by atoms with Crippen molar-refractivity contribution >= 4 is 21.7 Å². The third kappa shape index (κ3) is 4.46. The molecule has 35 heavy (non-hydrogen) atoms. The van der Waals surface area contributed by atoms with Crippen LogP contribution < -0.4 is 0 Å². The van der Waals surface area contributed by atoms with Crippen molar-refractivity contribution in [1.82, 2.24) is 4.98 Å². The molecule has 6 rings (SSSR count). The highest BCUT2D eigenvalue weighted by atomic mass is 14.6. The molecule has 0 saturated carbocycles. The average molecular weight is 452 g/mol. The normalized spacial score (nSPS) is 10.7. The monoisotopic (exact) mass is 451 g/mol. The molecule has 0 saturated heterocycles. The van der Waals surface area contributed by atoms with Crippen molar-refractivity contribution < 1.29 is 0 Å². The molecule has 0 radical (unpaired) electrons. The van der Waals surface area contributed by atoms with E-state index in [1.165, 1.54) is 49.7 Å². The molecule has 1 nitrogen and oxygen atoms in total. The Kier molecular flexibility index (Phi) is 6.41. The predicted octanol–water partition coefficient (Wildman–Crippen LogP) is 9.72. The Balaban J connectivity index is 0.00000124. The Morgan fingerprint density at radius 1 is 0.486 bits per heavy atom. The lowest BCUT2D eigenvalue weighted by molar-refractivity contribution is 1.41. The minimum Gasteiger partial charge on any atom is -0.256 e. The van der Waals surface area contributed by atoms with Gasteiger partial charge in [0.15, 0.2) is 0 Å². The maximum atomic E-state index is 4.61. The van der Waals surface area contributed by atoms with Crippen molar-refractivity contribution in [3.63, 3.8) is 0 Å². The molecular formula is C34H29N. The summed E-state index contributed by atoms with van der Waals surface area (Å²) in [5.74, 6) is 0. The van der Waals surface area contributed by atoms with Gasteiger partial charge in [-0.1, -0.05) is 116 Å². The maximum absolute atomic E-state index is 4.61. The van der Waals surface area contributed by atoms with Gasteiger partial charge in [0.05, 0.1) is 5.52 Å². The zero-order valence-corrected chi connectivity index (χ0v) is 20.5. The second-order valence-corrected chi connectivity index (χ2v) is 8.57. The van der Waals surface area contributed by atoms with Gasteiger partial charge in [0.1, 0.15) is 0 Å². The van der Waals surface area contributed by atoms with Crippen LogP contribution in [0.3, 0.4) is 0 Å². The fraction of sp³-hybridized carbons (Fsp3) is 0.0882. The number of fused-ring (bicyclic) bond motifs is 2. The number of hydrogen-bond donors (Lipinski definition) is 0. The third-order valence-corrected chi connectivity index (χ3v) is 6.37. The molecule has 0 bridgehead atoms. The minimum absolute atomic E-state index is 1.02. The summed E-state index contributed by atoms with van der Waals surface area (Å²) in [6, 6.07) is 41.4. The topological polar surface area (TPSA) is 12.9 Å². The first kappa shape index (κ1) is 22.6. The van der Waals surface area contributed by atoms with Crippen LogP contribution in [-0.2, 0) is 0 Å². The van der Waals surface area contributed by atoms with E-state index in [1.54, 1.807) is 0 Å². The summed E-state index contributed by atoms with van der Waals surface area (Å²) in [5, 5.41) is 3.70. The lowest BCUT2D eigenvalue weighted by Gasteiger charge is -2.14. The van der Waals surface area contributed by atoms with E-state index in [0.717, 1.165) is 10.9 Å². The molecule has 0 aliphatic rings. The van der Waals surface area contributed by atoms with Gasteiger partial charge in [-0.2, -0.15) is 0 Å². The molecule has 5 aromatic carbocycles. The molecule has 0 spiro atoms. The number of pyridine rings is 1. The molecule has 0 N–H and O–H groups in total. The Morgan fingerprint density at radius 3 is 1.94 bits per heavy atom. The lowest BCUT2D eigenvalue weighted by Crippen LogP contribution is -1.89. The first-order valence-electron chi connectivity index (χ1n) is 12.3. The van der Waals surface area contributed by atoms with Crippen molar-refractivity contribution in [1.29, 1.82) is 0 Å². The van der Waals surface area contributed by atoms with Crippen molar-refractivity contribution in [3.8, 4) is 33.4 Å². The number of aromatic nitrogens is 1. The van der Waals surface area contributed by atoms with Gasteiger partial charge >= 0.3 is 0 Å². The number of nitrogens with zero attached hydrogens (tertiary/aromatic N) is 1. The summed E-state index contributed by atoms with van der Waals surface area (Å²) in [7, 11) is 0. The van der Waals surface area contributed by atoms with Gasteiger partial charge in [-0.15, -0.1) is 0 Å². The molecule has 1 heteroatoms. The highest BCUT2D eigenvalue weighted by Crippen LogP contribution is 2.37. The molecule has 0 fully saturated rings. The molecule has 1 aromatic heterocycles. The fourth-order valence-electron chi connectivity index (χ4n) is 4.72. The lowest BCUT2D eigenvalue weighted by atomic mass is 9.91. The Bertz CT molecular complexity index is 1600. The summed E-state index contributed by atoms with van der Waals surface area (Å²) >= 11 is 0. The number of benzene rings is 5. The van der Waals surface area contributed by atoms with Gasteiger partial charge in [0.25, 0.3) is 0 Å². The Labute approximate surface area is 207 Å². The van der Waals surface area contributed by atoms with E-state index in [2.05, 4.69) is 121 Å². The van der Waals surface area contributed by atoms with E-state index in [4.69, 9.17) is 0 Å². The number of rotatable bonds is 3. The van der Waals surface area contributed by atoms with Crippen LogP contribution in [0.5, 0.6) is 0 Å². The standard InChI is InChI=1S/C32H23N.C2H6/c1-22-7-4-10-26(19-22)31-21-32-27(11-6-18-33-32)20-30(31)25-16-14-24(15-17-25)29-13-5-9-23-8-2-3-12-28(23)29;1-2/h2-21H,1H3;1-2H3. The van der Waals surface area contributed by atoms with Crippen molar-refractivity contribution in [3.05, 3.63) is 127 Å². The molecule has 1 heterocycles. The SMILES string of the molecule is CC.Cc1cccc(-c2cc3ncccc3cc2-c2ccc(-c3cccc4ccccc34)cc2)c1. The largest absolute Gasteiger partial charge is 0.256 e. The first-order valence-corrected chi connectivity index (χ1v) is 12.3. The summed E-state index contributed by atoms with van der Waals surface area (Å²) in [6.07, 6.45) is 1.86. The smallest absolute Gasteiger partial charge is 0.0708 e. The molecule has 0 atom stereocenters. The second kappa shape index (κ2) is 9.95. The van der Waals surface area contributed by atoms with Crippen LogP contribution >= 0.6 is 0 Å². The number of hydrogen-bond acceptors (Lipinski definition) is 1. The summed E-state index contributed by atoms with van der Waals surface area (Å²) in [4.78, 5) is 4.61. The van der Waals surface area contributed by atoms with E-state index < -0.39 is 0 Å². The highest BCUT2D eigenvalue weighted by Gasteiger charge is 2.11. The van der Waals surface area contributed by atoms with Gasteiger partial charge < -0.3 is 0 Å². The van der Waals surface area contributed by atoms with Crippen LogP contribution in [0.1, 0.15) is 19.4 Å². The first-order chi connectivity index (χ1) is 17.3. The predicted molar refractivity (Wildman–Crippen MR) is 152 cm³/mol. The third-order valence-electron chi connectivity index (χ3n) is 6.37. The van der Waals surface area contributed by atoms with E-state index in [0.29, 0.717) is 0 Å². The molecular weight excluding hydrogens is 422 g/mol. The fourth-order valence-corrected chi connectivity index (χ4v) is 4.72. The van der Waals surface area contributed by atoms with E-state index >= 15 is 0 Å². The van der Waals surface area contributed by atoms with E-state index in [-0.39, 0.29) is 0 Å². The molecule has 0 aliphatic carbocycles. The Hall–Kier alpha value is -4.23. The zero-order chi connectivity index (χ0) is 24.2. The minimum atomic E-state index is 1.02. The molecule has 0 amide bonds. The second-order valence-electron chi connectivity index (χ2n) is 8.57. The molecule has 6 aromatic rings. The van der Waals surface area contributed by atoms with Gasteiger partial charge in [0, 0.05) is 11.6 Å². The van der Waals surface area contributed by atoms with Gasteiger partial charge in [-0.25, -0.2) is 0 Å². The summed E-state index contributed by atoms with van der Waals surface area (Å²) in [6.45, 7) is 6.14. The molecule has 170 valence electrons. The highest BCUT2D eigenvalue weighted by molar-refractivity contribution is 5.98. The van der Waals surface area contributed by atoms with E-state index in [9.17, 15) is 0 Å². The van der Waals surface area contributed by atoms with Crippen molar-refractivity contribution in [2.24, 2.45) is 0 Å². The maximum Gasteiger partial charge on any atom is 0.0708 e. The van der Waals surface area contributed by atoms with Crippen LogP contribution in [0.25, 0.3) is 55.1 Å². The molecule has 0 unspecified atom stereocenters. The summed E-state index contributed by atoms with van der Waals surface area (Å²) in [5.41, 5.74) is 9.64. The quantitative estimate of drug-likeness (QED) is 0.261. The van der Waals surface area contributed by atoms with Crippen LogP contribution in [0.4, 0.5) is 0 Å². The summed E-state index contributed by atoms with van der Waals surface area (Å²) < 4.78 is 0. The van der Waals surface area contributed by atoms with Gasteiger partial charge in [-0.05, 0) is 69.3 Å². The van der Waals surface area contributed by atoms with Gasteiger partial charge in [0.2, 0.25) is 0 Å². The van der Waals surface area contributed by atoms with E-state index in [1.807, 2.05) is 26.1 Å². The molecule has 0 aliphatic heterocycles. The van der Waals surface area contributed by atoms with Crippen molar-refractivity contribution in [2.45, 2.75) is 20.8 Å². The zero-order valence-electron chi connectivity index (χ0n) is 20.5. The van der Waals surface area contributed by atoms with Gasteiger partial charge in [-0.3, -0.25) is 4.98 Å². The Morgan fingerprint density at radius 2 is 1.14 bits per heavy atom. The van der Waals surface area contributed by atoms with Crippen LogP contribution in [0, 0.1) is 6.92 Å². The van der Waals surface area contributed by atoms with Crippen LogP contribution in [0.2, 0.25) is 0 Å². The number of aryl methyl sites for hydroxylation is 1. The van der Waals surface area contributed by atoms with Crippen molar-refractivity contribution in [2.75, 3.05) is 0 Å². The van der Waals surface area contributed by atoms with Crippen LogP contribution in [-0.4, -0.2) is 4.98 Å².